The number of carbonyl (C=O) groups excluding carboxylic acids is 1. The van der Waals surface area contributed by atoms with Crippen molar-refractivity contribution in [3.05, 3.63) is 0 Å². The van der Waals surface area contributed by atoms with E-state index in [0.717, 1.165) is 12.8 Å². The first-order chi connectivity index (χ1) is 8.55. The van der Waals surface area contributed by atoms with Gasteiger partial charge < -0.3 is 9.47 Å². The van der Waals surface area contributed by atoms with Gasteiger partial charge in [0.2, 0.25) is 0 Å². The Morgan fingerprint density at radius 1 is 1.11 bits per heavy atom. The summed E-state index contributed by atoms with van der Waals surface area (Å²) in [7, 11) is 0. The highest BCUT2D eigenvalue weighted by atomic mass is 16.7. The van der Waals surface area contributed by atoms with Gasteiger partial charge in [-0.15, -0.1) is 0 Å². The van der Waals surface area contributed by atoms with Crippen LogP contribution in [0.15, 0.2) is 0 Å². The predicted molar refractivity (Wildman–Crippen MR) is 72.5 cm³/mol. The van der Waals surface area contributed by atoms with E-state index in [1.165, 1.54) is 32.1 Å². The van der Waals surface area contributed by atoms with Gasteiger partial charge in [-0.05, 0) is 20.3 Å². The molecular weight excluding hydrogens is 228 g/mol. The largest absolute Gasteiger partial charge is 0.347 e. The first-order valence-electron chi connectivity index (χ1n) is 7.39. The SMILES string of the molecule is CCCCCCCCCC(=O)[C@H]1COC(C)(C)O1. The molecule has 0 aliphatic carbocycles. The molecule has 0 aromatic heterocycles. The molecule has 0 spiro atoms. The second-order valence-electron chi connectivity index (χ2n) is 5.65. The summed E-state index contributed by atoms with van der Waals surface area (Å²) in [6.07, 6.45) is 8.96. The number of unbranched alkanes of at least 4 members (excludes halogenated alkanes) is 6. The molecule has 1 rings (SSSR count). The molecule has 1 atom stereocenters. The summed E-state index contributed by atoms with van der Waals surface area (Å²) in [6, 6.07) is 0. The maximum atomic E-state index is 11.9. The highest BCUT2D eigenvalue weighted by Crippen LogP contribution is 2.23. The number of hydrogen-bond acceptors (Lipinski definition) is 3. The van der Waals surface area contributed by atoms with Crippen molar-refractivity contribution in [2.24, 2.45) is 0 Å². The van der Waals surface area contributed by atoms with E-state index < -0.39 is 5.79 Å². The summed E-state index contributed by atoms with van der Waals surface area (Å²) in [5, 5.41) is 0. The van der Waals surface area contributed by atoms with Gasteiger partial charge in [0.25, 0.3) is 0 Å². The second kappa shape index (κ2) is 7.90. The van der Waals surface area contributed by atoms with Gasteiger partial charge in [-0.2, -0.15) is 0 Å². The van der Waals surface area contributed by atoms with Crippen molar-refractivity contribution in [1.29, 1.82) is 0 Å². The summed E-state index contributed by atoms with van der Waals surface area (Å²) in [6.45, 7) is 6.36. The fourth-order valence-corrected chi connectivity index (χ4v) is 2.26. The molecule has 0 N–H and O–H groups in total. The van der Waals surface area contributed by atoms with Crippen LogP contribution in [-0.2, 0) is 14.3 Å². The van der Waals surface area contributed by atoms with Gasteiger partial charge in [-0.1, -0.05) is 45.4 Å². The molecule has 0 unspecified atom stereocenters. The third-order valence-corrected chi connectivity index (χ3v) is 3.39. The van der Waals surface area contributed by atoms with Crippen molar-refractivity contribution >= 4 is 5.78 Å². The molecule has 18 heavy (non-hydrogen) atoms. The van der Waals surface area contributed by atoms with Crippen LogP contribution in [0, 0.1) is 0 Å². The van der Waals surface area contributed by atoms with Crippen molar-refractivity contribution in [1.82, 2.24) is 0 Å². The Labute approximate surface area is 111 Å². The normalized spacial score (nSPS) is 22.3. The highest BCUT2D eigenvalue weighted by molar-refractivity contribution is 5.83. The maximum Gasteiger partial charge on any atom is 0.164 e. The molecule has 1 aliphatic heterocycles. The zero-order chi connectivity index (χ0) is 13.4. The topological polar surface area (TPSA) is 35.5 Å². The Morgan fingerprint density at radius 3 is 2.28 bits per heavy atom. The Hall–Kier alpha value is -0.410. The standard InChI is InChI=1S/C15H28O3/c1-4-5-6-7-8-9-10-11-13(16)14-12-17-15(2,3)18-14/h14H,4-12H2,1-3H3/t14-/m1/s1. The van der Waals surface area contributed by atoms with Crippen LogP contribution in [0.2, 0.25) is 0 Å². The molecule has 3 heteroatoms. The Balaban J connectivity index is 2.01. The van der Waals surface area contributed by atoms with Gasteiger partial charge in [0.1, 0.15) is 6.10 Å². The van der Waals surface area contributed by atoms with Crippen molar-refractivity contribution < 1.29 is 14.3 Å². The summed E-state index contributed by atoms with van der Waals surface area (Å²) >= 11 is 0. The lowest BCUT2D eigenvalue weighted by Gasteiger charge is -2.16. The van der Waals surface area contributed by atoms with E-state index in [1.807, 2.05) is 13.8 Å². The van der Waals surface area contributed by atoms with E-state index in [-0.39, 0.29) is 11.9 Å². The van der Waals surface area contributed by atoms with Crippen LogP contribution in [0.5, 0.6) is 0 Å². The fraction of sp³-hybridized carbons (Fsp3) is 0.933. The molecule has 106 valence electrons. The van der Waals surface area contributed by atoms with Crippen molar-refractivity contribution in [2.45, 2.75) is 84.0 Å². The quantitative estimate of drug-likeness (QED) is 0.588. The second-order valence-corrected chi connectivity index (χ2v) is 5.65. The van der Waals surface area contributed by atoms with Gasteiger partial charge in [0.15, 0.2) is 11.6 Å². The van der Waals surface area contributed by atoms with E-state index in [0.29, 0.717) is 13.0 Å². The number of ether oxygens (including phenoxy) is 2. The lowest BCUT2D eigenvalue weighted by atomic mass is 10.1. The fourth-order valence-electron chi connectivity index (χ4n) is 2.26. The highest BCUT2D eigenvalue weighted by Gasteiger charge is 2.36. The average molecular weight is 256 g/mol. The molecule has 0 bridgehead atoms. The molecule has 0 radical (unpaired) electrons. The summed E-state index contributed by atoms with van der Waals surface area (Å²) < 4.78 is 11.0. The van der Waals surface area contributed by atoms with Crippen LogP contribution in [0.3, 0.4) is 0 Å². The first kappa shape index (κ1) is 15.6. The molecule has 0 aromatic carbocycles. The average Bonchev–Trinajstić information content (AvgIpc) is 2.68. The van der Waals surface area contributed by atoms with E-state index in [4.69, 9.17) is 9.47 Å². The lowest BCUT2D eigenvalue weighted by molar-refractivity contribution is -0.152. The zero-order valence-corrected chi connectivity index (χ0v) is 12.2. The molecule has 1 saturated heterocycles. The van der Waals surface area contributed by atoms with Gasteiger partial charge in [-0.25, -0.2) is 0 Å². The smallest absolute Gasteiger partial charge is 0.164 e. The van der Waals surface area contributed by atoms with Crippen LogP contribution in [0.25, 0.3) is 0 Å². The van der Waals surface area contributed by atoms with Gasteiger partial charge >= 0.3 is 0 Å². The summed E-state index contributed by atoms with van der Waals surface area (Å²) in [4.78, 5) is 11.9. The molecule has 0 saturated carbocycles. The Kier molecular flexibility index (Phi) is 6.87. The van der Waals surface area contributed by atoms with Crippen LogP contribution in [-0.4, -0.2) is 24.3 Å². The van der Waals surface area contributed by atoms with Crippen molar-refractivity contribution in [3.63, 3.8) is 0 Å². The molecular formula is C15H28O3. The van der Waals surface area contributed by atoms with Crippen LogP contribution in [0.1, 0.15) is 72.1 Å². The van der Waals surface area contributed by atoms with Crippen LogP contribution in [0.4, 0.5) is 0 Å². The third-order valence-electron chi connectivity index (χ3n) is 3.39. The van der Waals surface area contributed by atoms with Gasteiger partial charge in [0, 0.05) is 6.42 Å². The van der Waals surface area contributed by atoms with Gasteiger partial charge in [0.05, 0.1) is 6.61 Å². The number of ketones is 1. The van der Waals surface area contributed by atoms with Crippen LogP contribution >= 0.6 is 0 Å². The molecule has 1 fully saturated rings. The maximum absolute atomic E-state index is 11.9. The van der Waals surface area contributed by atoms with E-state index in [9.17, 15) is 4.79 Å². The van der Waals surface area contributed by atoms with Gasteiger partial charge in [-0.3, -0.25) is 4.79 Å². The van der Waals surface area contributed by atoms with Crippen molar-refractivity contribution in [3.8, 4) is 0 Å². The zero-order valence-electron chi connectivity index (χ0n) is 12.2. The number of carbonyl (C=O) groups is 1. The lowest BCUT2D eigenvalue weighted by Crippen LogP contribution is -2.26. The third kappa shape index (κ3) is 5.96. The number of rotatable bonds is 9. The van der Waals surface area contributed by atoms with E-state index in [1.54, 1.807) is 0 Å². The Bertz CT molecular complexity index is 248. The molecule has 3 nitrogen and oxygen atoms in total. The van der Waals surface area contributed by atoms with Crippen LogP contribution < -0.4 is 0 Å². The number of hydrogen-bond donors (Lipinski definition) is 0. The predicted octanol–water partition coefficient (Wildman–Crippen LogP) is 3.85. The molecule has 1 aliphatic rings. The minimum absolute atomic E-state index is 0.203. The summed E-state index contributed by atoms with van der Waals surface area (Å²) in [5.41, 5.74) is 0. The van der Waals surface area contributed by atoms with E-state index >= 15 is 0 Å². The Morgan fingerprint density at radius 2 is 1.72 bits per heavy atom. The summed E-state index contributed by atoms with van der Waals surface area (Å²) in [5.74, 6) is -0.380. The minimum Gasteiger partial charge on any atom is -0.347 e. The number of Topliss-reactive ketones (excluding diaryl/α,β-unsaturated/α-hetero) is 1. The molecule has 0 aromatic rings. The molecule has 1 heterocycles. The minimum atomic E-state index is -0.583. The molecule has 0 amide bonds. The first-order valence-corrected chi connectivity index (χ1v) is 7.39. The monoisotopic (exact) mass is 256 g/mol. The van der Waals surface area contributed by atoms with E-state index in [2.05, 4.69) is 6.92 Å². The van der Waals surface area contributed by atoms with Crippen molar-refractivity contribution in [2.75, 3.05) is 6.61 Å².